The fourth-order valence-corrected chi connectivity index (χ4v) is 2.26. The molecule has 0 spiro atoms. The Bertz CT molecular complexity index is 818. The van der Waals surface area contributed by atoms with Gasteiger partial charge in [-0.3, -0.25) is 4.57 Å². The maximum absolute atomic E-state index is 11.1. The number of hydrogen-bond donors (Lipinski definition) is 1. The predicted octanol–water partition coefficient (Wildman–Crippen LogP) is 3.34. The van der Waals surface area contributed by atoms with Crippen LogP contribution in [-0.2, 0) is 0 Å². The second-order valence-corrected chi connectivity index (χ2v) is 4.90. The summed E-state index contributed by atoms with van der Waals surface area (Å²) in [6.07, 6.45) is 1.73. The summed E-state index contributed by atoms with van der Waals surface area (Å²) in [4.78, 5) is 15.4. The van der Waals surface area contributed by atoms with E-state index in [-0.39, 0.29) is 5.56 Å². The molecule has 0 saturated carbocycles. The summed E-state index contributed by atoms with van der Waals surface area (Å²) in [7, 11) is 0. The van der Waals surface area contributed by atoms with Crippen LogP contribution in [0.15, 0.2) is 42.7 Å². The van der Waals surface area contributed by atoms with E-state index in [2.05, 4.69) is 24.9 Å². The third-order valence-electron chi connectivity index (χ3n) is 3.53. The number of benzene rings is 2. The van der Waals surface area contributed by atoms with Gasteiger partial charge in [0.25, 0.3) is 0 Å². The van der Waals surface area contributed by atoms with Crippen molar-refractivity contribution >= 4 is 17.0 Å². The molecule has 1 heterocycles. The first-order valence-corrected chi connectivity index (χ1v) is 6.34. The second kappa shape index (κ2) is 4.49. The van der Waals surface area contributed by atoms with E-state index in [9.17, 15) is 4.79 Å². The van der Waals surface area contributed by atoms with E-state index >= 15 is 0 Å². The van der Waals surface area contributed by atoms with Crippen molar-refractivity contribution in [3.05, 3.63) is 59.4 Å². The number of carbonyl (C=O) groups is 1. The Labute approximate surface area is 116 Å². The van der Waals surface area contributed by atoms with Crippen LogP contribution in [0.25, 0.3) is 16.7 Å². The van der Waals surface area contributed by atoms with Crippen molar-refractivity contribution in [2.45, 2.75) is 13.8 Å². The van der Waals surface area contributed by atoms with Gasteiger partial charge >= 0.3 is 5.97 Å². The third kappa shape index (κ3) is 1.95. The molecule has 1 aromatic heterocycles. The molecule has 20 heavy (non-hydrogen) atoms. The zero-order valence-electron chi connectivity index (χ0n) is 11.3. The van der Waals surface area contributed by atoms with Crippen LogP contribution in [0.5, 0.6) is 0 Å². The Kier molecular flexibility index (Phi) is 2.79. The van der Waals surface area contributed by atoms with Gasteiger partial charge in [0.2, 0.25) is 0 Å². The fourth-order valence-electron chi connectivity index (χ4n) is 2.26. The third-order valence-corrected chi connectivity index (χ3v) is 3.53. The topological polar surface area (TPSA) is 55.1 Å². The number of rotatable bonds is 2. The van der Waals surface area contributed by atoms with Gasteiger partial charge in [0.1, 0.15) is 6.33 Å². The molecule has 4 nitrogen and oxygen atoms in total. The van der Waals surface area contributed by atoms with Crippen LogP contribution in [0.4, 0.5) is 0 Å². The highest BCUT2D eigenvalue weighted by Gasteiger charge is 2.09. The van der Waals surface area contributed by atoms with Crippen LogP contribution in [0.1, 0.15) is 21.5 Å². The highest BCUT2D eigenvalue weighted by atomic mass is 16.4. The highest BCUT2D eigenvalue weighted by Crippen LogP contribution is 2.22. The molecule has 0 aliphatic heterocycles. The van der Waals surface area contributed by atoms with Crippen molar-refractivity contribution in [2.75, 3.05) is 0 Å². The summed E-state index contributed by atoms with van der Waals surface area (Å²) in [5.74, 6) is -0.928. The summed E-state index contributed by atoms with van der Waals surface area (Å²) in [5, 5.41) is 9.08. The first-order valence-electron chi connectivity index (χ1n) is 6.34. The Hall–Kier alpha value is -2.62. The first kappa shape index (κ1) is 12.4. The minimum atomic E-state index is -0.928. The zero-order chi connectivity index (χ0) is 14.3. The van der Waals surface area contributed by atoms with Crippen molar-refractivity contribution in [2.24, 2.45) is 0 Å². The predicted molar refractivity (Wildman–Crippen MR) is 77.5 cm³/mol. The number of fused-ring (bicyclic) bond motifs is 1. The molecule has 0 saturated heterocycles. The number of imidazole rings is 1. The molecule has 0 fully saturated rings. The smallest absolute Gasteiger partial charge is 0.335 e. The summed E-state index contributed by atoms with van der Waals surface area (Å²) in [6.45, 7) is 4.11. The van der Waals surface area contributed by atoms with Crippen LogP contribution in [0, 0.1) is 13.8 Å². The van der Waals surface area contributed by atoms with Crippen molar-refractivity contribution in [1.29, 1.82) is 0 Å². The van der Waals surface area contributed by atoms with Crippen LogP contribution in [-0.4, -0.2) is 20.6 Å². The first-order chi connectivity index (χ1) is 9.56. The van der Waals surface area contributed by atoms with E-state index in [1.54, 1.807) is 24.5 Å². The van der Waals surface area contributed by atoms with E-state index in [1.807, 2.05) is 16.7 Å². The Morgan fingerprint density at radius 1 is 1.15 bits per heavy atom. The number of aromatic nitrogens is 2. The number of carboxylic acids is 1. The molecule has 0 atom stereocenters. The molecule has 3 aromatic rings. The summed E-state index contributed by atoms with van der Waals surface area (Å²) < 4.78 is 1.91. The minimum Gasteiger partial charge on any atom is -0.478 e. The van der Waals surface area contributed by atoms with Crippen LogP contribution in [0.3, 0.4) is 0 Å². The van der Waals surface area contributed by atoms with Crippen molar-refractivity contribution in [3.63, 3.8) is 0 Å². The molecule has 1 N–H and O–H groups in total. The summed E-state index contributed by atoms with van der Waals surface area (Å²) in [5.41, 5.74) is 5.35. The van der Waals surface area contributed by atoms with Crippen LogP contribution >= 0.6 is 0 Å². The normalized spacial score (nSPS) is 10.9. The Morgan fingerprint density at radius 3 is 2.65 bits per heavy atom. The van der Waals surface area contributed by atoms with Crippen molar-refractivity contribution < 1.29 is 9.90 Å². The molecule has 0 aliphatic rings. The van der Waals surface area contributed by atoms with Gasteiger partial charge in [0, 0.05) is 5.69 Å². The van der Waals surface area contributed by atoms with E-state index in [1.165, 1.54) is 11.1 Å². The molecule has 0 aliphatic carbocycles. The van der Waals surface area contributed by atoms with Gasteiger partial charge in [-0.1, -0.05) is 6.07 Å². The lowest BCUT2D eigenvalue weighted by molar-refractivity contribution is 0.0697. The van der Waals surface area contributed by atoms with Gasteiger partial charge in [-0.25, -0.2) is 9.78 Å². The molecule has 0 bridgehead atoms. The van der Waals surface area contributed by atoms with Gasteiger partial charge < -0.3 is 5.11 Å². The lowest BCUT2D eigenvalue weighted by Gasteiger charge is -2.07. The van der Waals surface area contributed by atoms with E-state index in [4.69, 9.17) is 5.11 Å². The number of aryl methyl sites for hydroxylation is 2. The van der Waals surface area contributed by atoms with Crippen molar-refractivity contribution in [3.8, 4) is 5.69 Å². The monoisotopic (exact) mass is 266 g/mol. The number of aromatic carboxylic acids is 1. The van der Waals surface area contributed by atoms with E-state index in [0.29, 0.717) is 0 Å². The number of carboxylic acid groups (broad SMARTS) is 1. The van der Waals surface area contributed by atoms with Gasteiger partial charge in [-0.15, -0.1) is 0 Å². The van der Waals surface area contributed by atoms with Crippen LogP contribution in [0.2, 0.25) is 0 Å². The van der Waals surface area contributed by atoms with Gasteiger partial charge in [-0.05, 0) is 55.3 Å². The quantitative estimate of drug-likeness (QED) is 0.774. The molecule has 4 heteroatoms. The standard InChI is InChI=1S/C16H14N2O2/c1-10-6-14-15(7-11(10)2)18(9-17-14)13-5-3-4-12(8-13)16(19)20/h3-9H,1-2H3,(H,19,20). The van der Waals surface area contributed by atoms with Crippen LogP contribution < -0.4 is 0 Å². The SMILES string of the molecule is Cc1cc2ncn(-c3cccc(C(=O)O)c3)c2cc1C. The van der Waals surface area contributed by atoms with Gasteiger partial charge in [0.05, 0.1) is 16.6 Å². The fraction of sp³-hybridized carbons (Fsp3) is 0.125. The van der Waals surface area contributed by atoms with E-state index in [0.717, 1.165) is 16.7 Å². The average Bonchev–Trinajstić information content (AvgIpc) is 2.82. The molecular weight excluding hydrogens is 252 g/mol. The molecule has 0 radical (unpaired) electrons. The maximum Gasteiger partial charge on any atom is 0.335 e. The molecule has 100 valence electrons. The molecule has 3 rings (SSSR count). The Morgan fingerprint density at radius 2 is 1.90 bits per heavy atom. The maximum atomic E-state index is 11.1. The van der Waals surface area contributed by atoms with Crippen molar-refractivity contribution in [1.82, 2.24) is 9.55 Å². The lowest BCUT2D eigenvalue weighted by atomic mass is 10.1. The lowest BCUT2D eigenvalue weighted by Crippen LogP contribution is -1.99. The van der Waals surface area contributed by atoms with Gasteiger partial charge in [0.15, 0.2) is 0 Å². The average molecular weight is 266 g/mol. The highest BCUT2D eigenvalue weighted by molar-refractivity contribution is 5.88. The van der Waals surface area contributed by atoms with Gasteiger partial charge in [-0.2, -0.15) is 0 Å². The molecule has 0 unspecified atom stereocenters. The zero-order valence-corrected chi connectivity index (χ0v) is 11.3. The van der Waals surface area contributed by atoms with E-state index < -0.39 is 5.97 Å². The summed E-state index contributed by atoms with van der Waals surface area (Å²) in [6, 6.07) is 11.0. The number of nitrogens with zero attached hydrogens (tertiary/aromatic N) is 2. The molecule has 2 aromatic carbocycles. The minimum absolute atomic E-state index is 0.271. The molecular formula is C16H14N2O2. The molecule has 0 amide bonds. The second-order valence-electron chi connectivity index (χ2n) is 4.90. The largest absolute Gasteiger partial charge is 0.478 e. The summed E-state index contributed by atoms with van der Waals surface area (Å²) >= 11 is 0. The Balaban J connectivity index is 2.22. The number of hydrogen-bond acceptors (Lipinski definition) is 2.